The molecule has 5 heteroatoms. The molecule has 1 heterocycles. The van der Waals surface area contributed by atoms with E-state index in [1.54, 1.807) is 10.7 Å². The lowest BCUT2D eigenvalue weighted by atomic mass is 10.1. The van der Waals surface area contributed by atoms with Crippen molar-refractivity contribution in [3.05, 3.63) is 35.8 Å². The zero-order valence-electron chi connectivity index (χ0n) is 10.6. The Bertz CT molecular complexity index is 534. The van der Waals surface area contributed by atoms with E-state index >= 15 is 0 Å². The van der Waals surface area contributed by atoms with E-state index in [-0.39, 0.29) is 5.82 Å². The van der Waals surface area contributed by atoms with Crippen molar-refractivity contribution in [2.75, 3.05) is 0 Å². The molecule has 2 N–H and O–H groups in total. The van der Waals surface area contributed by atoms with Crippen molar-refractivity contribution in [3.63, 3.8) is 0 Å². The highest BCUT2D eigenvalue weighted by Gasteiger charge is 2.14. The van der Waals surface area contributed by atoms with Gasteiger partial charge in [-0.1, -0.05) is 31.2 Å². The number of rotatable bonds is 4. The van der Waals surface area contributed by atoms with Gasteiger partial charge in [0.2, 0.25) is 0 Å². The van der Waals surface area contributed by atoms with Gasteiger partial charge in [-0.05, 0) is 18.1 Å². The third kappa shape index (κ3) is 2.56. The van der Waals surface area contributed by atoms with E-state index in [0.29, 0.717) is 18.2 Å². The summed E-state index contributed by atoms with van der Waals surface area (Å²) in [6, 6.07) is 6.42. The summed E-state index contributed by atoms with van der Waals surface area (Å²) >= 11 is 0. The summed E-state index contributed by atoms with van der Waals surface area (Å²) < 4.78 is 15.1. The molecule has 0 saturated carbocycles. The number of benzene rings is 1. The first-order valence-electron chi connectivity index (χ1n) is 6.00. The van der Waals surface area contributed by atoms with E-state index in [0.717, 1.165) is 17.8 Å². The molecule has 0 aliphatic carbocycles. The van der Waals surface area contributed by atoms with Crippen molar-refractivity contribution in [2.45, 2.75) is 26.9 Å². The smallest absolute Gasteiger partial charge is 0.123 e. The first kappa shape index (κ1) is 12.7. The van der Waals surface area contributed by atoms with Crippen molar-refractivity contribution < 1.29 is 4.39 Å². The molecular weight excluding hydrogens is 231 g/mol. The largest absolute Gasteiger partial charge is 0.325 e. The monoisotopic (exact) mass is 248 g/mol. The molecule has 1 aromatic heterocycles. The standard InChI is InChI=1S/C13H17FN4/c1-9(2)8-18-13(12(7-15)16-17-18)10-4-3-5-11(14)6-10/h3-6,9H,7-8,15H2,1-2H3. The Hall–Kier alpha value is -1.75. The predicted octanol–water partition coefficient (Wildman–Crippen LogP) is 2.20. The molecule has 0 aliphatic heterocycles. The van der Waals surface area contributed by atoms with Gasteiger partial charge in [-0.15, -0.1) is 5.10 Å². The maximum Gasteiger partial charge on any atom is 0.123 e. The van der Waals surface area contributed by atoms with Crippen LogP contribution in [0.4, 0.5) is 4.39 Å². The van der Waals surface area contributed by atoms with E-state index in [2.05, 4.69) is 24.2 Å². The second kappa shape index (κ2) is 5.27. The first-order valence-corrected chi connectivity index (χ1v) is 6.00. The highest BCUT2D eigenvalue weighted by molar-refractivity contribution is 5.61. The molecule has 0 fully saturated rings. The highest BCUT2D eigenvalue weighted by Crippen LogP contribution is 2.23. The summed E-state index contributed by atoms with van der Waals surface area (Å²) in [7, 11) is 0. The normalized spacial score (nSPS) is 11.2. The zero-order valence-corrected chi connectivity index (χ0v) is 10.6. The van der Waals surface area contributed by atoms with Crippen molar-refractivity contribution in [2.24, 2.45) is 11.7 Å². The summed E-state index contributed by atoms with van der Waals surface area (Å²) in [5.74, 6) is 0.164. The van der Waals surface area contributed by atoms with E-state index in [1.165, 1.54) is 12.1 Å². The molecule has 1 aromatic carbocycles. The lowest BCUT2D eigenvalue weighted by Crippen LogP contribution is -2.09. The average molecular weight is 248 g/mol. The summed E-state index contributed by atoms with van der Waals surface area (Å²) in [5, 5.41) is 8.16. The molecule has 18 heavy (non-hydrogen) atoms. The molecule has 0 saturated heterocycles. The van der Waals surface area contributed by atoms with Crippen LogP contribution in [-0.4, -0.2) is 15.0 Å². The Morgan fingerprint density at radius 3 is 2.78 bits per heavy atom. The molecule has 2 aromatic rings. The van der Waals surface area contributed by atoms with Gasteiger partial charge < -0.3 is 5.73 Å². The van der Waals surface area contributed by atoms with Crippen molar-refractivity contribution in [1.29, 1.82) is 0 Å². The fourth-order valence-corrected chi connectivity index (χ4v) is 1.91. The molecule has 0 unspecified atom stereocenters. The highest BCUT2D eigenvalue weighted by atomic mass is 19.1. The fraction of sp³-hybridized carbons (Fsp3) is 0.385. The first-order chi connectivity index (χ1) is 8.61. The summed E-state index contributed by atoms with van der Waals surface area (Å²) in [6.45, 7) is 5.22. The summed E-state index contributed by atoms with van der Waals surface area (Å²) in [6.07, 6.45) is 0. The lowest BCUT2D eigenvalue weighted by molar-refractivity contribution is 0.475. The van der Waals surface area contributed by atoms with Gasteiger partial charge in [0.15, 0.2) is 0 Å². The van der Waals surface area contributed by atoms with Crippen LogP contribution in [0.3, 0.4) is 0 Å². The topological polar surface area (TPSA) is 56.7 Å². The molecule has 0 aliphatic rings. The van der Waals surface area contributed by atoms with Crippen LogP contribution in [0, 0.1) is 11.7 Å². The van der Waals surface area contributed by atoms with Crippen LogP contribution in [0.1, 0.15) is 19.5 Å². The van der Waals surface area contributed by atoms with E-state index in [4.69, 9.17) is 5.73 Å². The Labute approximate surface area is 106 Å². The number of hydrogen-bond donors (Lipinski definition) is 1. The quantitative estimate of drug-likeness (QED) is 0.902. The molecule has 0 amide bonds. The maximum atomic E-state index is 13.3. The number of aromatic nitrogens is 3. The zero-order chi connectivity index (χ0) is 13.1. The molecule has 0 radical (unpaired) electrons. The molecular formula is C13H17FN4. The van der Waals surface area contributed by atoms with Gasteiger partial charge >= 0.3 is 0 Å². The second-order valence-electron chi connectivity index (χ2n) is 4.68. The van der Waals surface area contributed by atoms with Crippen LogP contribution in [0.5, 0.6) is 0 Å². The van der Waals surface area contributed by atoms with E-state index in [1.807, 2.05) is 6.07 Å². The third-order valence-electron chi connectivity index (χ3n) is 2.63. The van der Waals surface area contributed by atoms with Crippen LogP contribution in [-0.2, 0) is 13.1 Å². The molecule has 0 atom stereocenters. The van der Waals surface area contributed by atoms with Crippen molar-refractivity contribution >= 4 is 0 Å². The van der Waals surface area contributed by atoms with Crippen LogP contribution in [0.2, 0.25) is 0 Å². The van der Waals surface area contributed by atoms with Crippen molar-refractivity contribution in [3.8, 4) is 11.3 Å². The fourth-order valence-electron chi connectivity index (χ4n) is 1.91. The molecule has 0 bridgehead atoms. The number of halogens is 1. The number of hydrogen-bond acceptors (Lipinski definition) is 3. The van der Waals surface area contributed by atoms with Crippen LogP contribution >= 0.6 is 0 Å². The van der Waals surface area contributed by atoms with Crippen molar-refractivity contribution in [1.82, 2.24) is 15.0 Å². The molecule has 2 rings (SSSR count). The van der Waals surface area contributed by atoms with Gasteiger partial charge in [0.05, 0.1) is 5.69 Å². The van der Waals surface area contributed by atoms with Gasteiger partial charge in [-0.25, -0.2) is 9.07 Å². The minimum Gasteiger partial charge on any atom is -0.325 e. The van der Waals surface area contributed by atoms with Crippen LogP contribution < -0.4 is 5.73 Å². The number of nitrogens with zero attached hydrogens (tertiary/aromatic N) is 3. The predicted molar refractivity (Wildman–Crippen MR) is 68.1 cm³/mol. The average Bonchev–Trinajstić information content (AvgIpc) is 2.71. The minimum atomic E-state index is -0.271. The maximum absolute atomic E-state index is 13.3. The number of nitrogens with two attached hydrogens (primary N) is 1. The van der Waals surface area contributed by atoms with Gasteiger partial charge in [-0.3, -0.25) is 0 Å². The Balaban J connectivity index is 2.50. The summed E-state index contributed by atoms with van der Waals surface area (Å²) in [4.78, 5) is 0. The van der Waals surface area contributed by atoms with Gasteiger partial charge in [0.1, 0.15) is 11.5 Å². The van der Waals surface area contributed by atoms with Gasteiger partial charge in [0.25, 0.3) is 0 Å². The van der Waals surface area contributed by atoms with Crippen LogP contribution in [0.25, 0.3) is 11.3 Å². The second-order valence-corrected chi connectivity index (χ2v) is 4.68. The SMILES string of the molecule is CC(C)Cn1nnc(CN)c1-c1cccc(F)c1. The summed E-state index contributed by atoms with van der Waals surface area (Å²) in [5.41, 5.74) is 7.93. The van der Waals surface area contributed by atoms with Crippen LogP contribution in [0.15, 0.2) is 24.3 Å². The molecule has 96 valence electrons. The Morgan fingerprint density at radius 1 is 1.39 bits per heavy atom. The Kier molecular flexibility index (Phi) is 3.72. The van der Waals surface area contributed by atoms with Gasteiger partial charge in [-0.2, -0.15) is 0 Å². The molecule has 0 spiro atoms. The minimum absolute atomic E-state index is 0.271. The van der Waals surface area contributed by atoms with Gasteiger partial charge in [0, 0.05) is 18.7 Å². The van der Waals surface area contributed by atoms with E-state index < -0.39 is 0 Å². The Morgan fingerprint density at radius 2 is 2.17 bits per heavy atom. The molecule has 4 nitrogen and oxygen atoms in total. The van der Waals surface area contributed by atoms with E-state index in [9.17, 15) is 4.39 Å². The lowest BCUT2D eigenvalue weighted by Gasteiger charge is -2.10. The third-order valence-corrected chi connectivity index (χ3v) is 2.63.